The van der Waals surface area contributed by atoms with E-state index in [1.165, 1.54) is 11.3 Å². The van der Waals surface area contributed by atoms with Crippen molar-refractivity contribution in [3.63, 3.8) is 0 Å². The van der Waals surface area contributed by atoms with Crippen molar-refractivity contribution in [1.82, 2.24) is 9.88 Å². The number of hydrogen-bond donors (Lipinski definition) is 0. The third kappa shape index (κ3) is 2.30. The van der Waals surface area contributed by atoms with Crippen LogP contribution in [0.15, 0.2) is 0 Å². The molecular formula is C9H11ClN2O2S. The van der Waals surface area contributed by atoms with Crippen molar-refractivity contribution in [3.05, 3.63) is 15.0 Å². The van der Waals surface area contributed by atoms with E-state index in [1.807, 2.05) is 0 Å². The topological polar surface area (TPSA) is 42.4 Å². The largest absolute Gasteiger partial charge is 0.378 e. The van der Waals surface area contributed by atoms with Crippen molar-refractivity contribution in [3.8, 4) is 0 Å². The van der Waals surface area contributed by atoms with Crippen LogP contribution in [-0.4, -0.2) is 42.1 Å². The van der Waals surface area contributed by atoms with E-state index < -0.39 is 0 Å². The van der Waals surface area contributed by atoms with E-state index in [-0.39, 0.29) is 5.91 Å². The van der Waals surface area contributed by atoms with Crippen LogP contribution in [0.4, 0.5) is 0 Å². The molecule has 1 aromatic rings. The molecule has 0 aromatic carbocycles. The molecular weight excluding hydrogens is 236 g/mol. The van der Waals surface area contributed by atoms with Crippen LogP contribution in [0.25, 0.3) is 0 Å². The molecule has 0 atom stereocenters. The first-order chi connectivity index (χ1) is 7.18. The van der Waals surface area contributed by atoms with Crippen molar-refractivity contribution in [2.24, 2.45) is 0 Å². The van der Waals surface area contributed by atoms with Crippen molar-refractivity contribution < 1.29 is 9.53 Å². The minimum Gasteiger partial charge on any atom is -0.378 e. The first kappa shape index (κ1) is 10.9. The number of carbonyl (C=O) groups is 1. The van der Waals surface area contributed by atoms with Gasteiger partial charge < -0.3 is 9.64 Å². The molecule has 1 saturated heterocycles. The summed E-state index contributed by atoms with van der Waals surface area (Å²) in [5, 5.41) is 0. The Morgan fingerprint density at radius 1 is 1.53 bits per heavy atom. The van der Waals surface area contributed by atoms with Gasteiger partial charge in [0.15, 0.2) is 4.47 Å². The summed E-state index contributed by atoms with van der Waals surface area (Å²) >= 11 is 7.00. The maximum absolute atomic E-state index is 12.0. The second kappa shape index (κ2) is 4.47. The fraction of sp³-hybridized carbons (Fsp3) is 0.556. The van der Waals surface area contributed by atoms with Gasteiger partial charge in [0.2, 0.25) is 0 Å². The number of hydrogen-bond acceptors (Lipinski definition) is 4. The van der Waals surface area contributed by atoms with Crippen molar-refractivity contribution in [1.29, 1.82) is 0 Å². The maximum Gasteiger partial charge on any atom is 0.266 e. The number of carbonyl (C=O) groups excluding carboxylic acids is 1. The molecule has 4 nitrogen and oxygen atoms in total. The molecule has 0 unspecified atom stereocenters. The van der Waals surface area contributed by atoms with Gasteiger partial charge in [-0.05, 0) is 6.92 Å². The van der Waals surface area contributed by atoms with E-state index >= 15 is 0 Å². The summed E-state index contributed by atoms with van der Waals surface area (Å²) in [5.41, 5.74) is 0.710. The fourth-order valence-corrected chi connectivity index (χ4v) is 2.59. The monoisotopic (exact) mass is 246 g/mol. The number of nitrogens with zero attached hydrogens (tertiary/aromatic N) is 2. The summed E-state index contributed by atoms with van der Waals surface area (Å²) in [6.45, 7) is 4.31. The molecule has 1 amide bonds. The zero-order valence-corrected chi connectivity index (χ0v) is 9.90. The van der Waals surface area contributed by atoms with Gasteiger partial charge in [-0.25, -0.2) is 4.98 Å². The molecule has 2 rings (SSSR count). The minimum atomic E-state index is 0.0141. The Balaban J connectivity index is 2.16. The van der Waals surface area contributed by atoms with E-state index in [2.05, 4.69) is 4.98 Å². The predicted octanol–water partition coefficient (Wildman–Crippen LogP) is 1.58. The van der Waals surface area contributed by atoms with Crippen molar-refractivity contribution in [2.75, 3.05) is 26.3 Å². The van der Waals surface area contributed by atoms with Gasteiger partial charge >= 0.3 is 0 Å². The number of morpholine rings is 1. The molecule has 0 bridgehead atoms. The molecule has 0 N–H and O–H groups in total. The Kier molecular flexibility index (Phi) is 3.23. The van der Waals surface area contributed by atoms with Crippen molar-refractivity contribution in [2.45, 2.75) is 6.92 Å². The molecule has 0 spiro atoms. The second-order valence-corrected chi connectivity index (χ2v) is 4.87. The normalized spacial score (nSPS) is 16.8. The Morgan fingerprint density at radius 3 is 2.73 bits per heavy atom. The number of ether oxygens (including phenoxy) is 1. The Labute approximate surface area is 96.8 Å². The van der Waals surface area contributed by atoms with E-state index in [4.69, 9.17) is 16.3 Å². The van der Waals surface area contributed by atoms with Gasteiger partial charge in [0.25, 0.3) is 5.91 Å². The minimum absolute atomic E-state index is 0.0141. The van der Waals surface area contributed by atoms with Gasteiger partial charge in [-0.15, -0.1) is 0 Å². The highest BCUT2D eigenvalue weighted by Crippen LogP contribution is 2.23. The first-order valence-electron chi connectivity index (χ1n) is 4.68. The van der Waals surface area contributed by atoms with Crippen LogP contribution in [0.1, 0.15) is 15.4 Å². The lowest BCUT2D eigenvalue weighted by Crippen LogP contribution is -2.40. The molecule has 1 aliphatic heterocycles. The quantitative estimate of drug-likeness (QED) is 0.756. The zero-order valence-electron chi connectivity index (χ0n) is 8.33. The van der Waals surface area contributed by atoms with Gasteiger partial charge in [-0.1, -0.05) is 22.9 Å². The smallest absolute Gasteiger partial charge is 0.266 e. The number of halogens is 1. The average Bonchev–Trinajstić information content (AvgIpc) is 2.58. The molecule has 15 heavy (non-hydrogen) atoms. The van der Waals surface area contributed by atoms with Crippen LogP contribution in [0.2, 0.25) is 4.47 Å². The molecule has 0 radical (unpaired) electrons. The van der Waals surface area contributed by atoms with Crippen LogP contribution in [0.5, 0.6) is 0 Å². The summed E-state index contributed by atoms with van der Waals surface area (Å²) < 4.78 is 5.61. The third-order valence-corrected chi connectivity index (χ3v) is 3.51. The van der Waals surface area contributed by atoms with E-state index in [1.54, 1.807) is 11.8 Å². The predicted molar refractivity (Wildman–Crippen MR) is 58.6 cm³/mol. The van der Waals surface area contributed by atoms with Gasteiger partial charge in [-0.2, -0.15) is 0 Å². The van der Waals surface area contributed by atoms with Gasteiger partial charge in [0.05, 0.1) is 18.9 Å². The number of amides is 1. The average molecular weight is 247 g/mol. The summed E-state index contributed by atoms with van der Waals surface area (Å²) in [6, 6.07) is 0. The Bertz CT molecular complexity index is 374. The molecule has 2 heterocycles. The number of rotatable bonds is 1. The van der Waals surface area contributed by atoms with E-state index in [9.17, 15) is 4.79 Å². The number of thiazole rings is 1. The molecule has 1 aromatic heterocycles. The number of aromatic nitrogens is 1. The summed E-state index contributed by atoms with van der Waals surface area (Å²) in [7, 11) is 0. The fourth-order valence-electron chi connectivity index (χ4n) is 1.47. The Hall–Kier alpha value is -0.650. The highest BCUT2D eigenvalue weighted by atomic mass is 35.5. The molecule has 1 aliphatic rings. The number of aryl methyl sites for hydroxylation is 1. The lowest BCUT2D eigenvalue weighted by molar-refractivity contribution is 0.0305. The molecule has 82 valence electrons. The third-order valence-electron chi connectivity index (χ3n) is 2.26. The molecule has 1 fully saturated rings. The zero-order chi connectivity index (χ0) is 10.8. The van der Waals surface area contributed by atoms with Crippen molar-refractivity contribution >= 4 is 28.8 Å². The first-order valence-corrected chi connectivity index (χ1v) is 5.88. The van der Waals surface area contributed by atoms with Gasteiger partial charge in [-0.3, -0.25) is 4.79 Å². The van der Waals surface area contributed by atoms with Gasteiger partial charge in [0.1, 0.15) is 4.88 Å². The van der Waals surface area contributed by atoms with Crippen LogP contribution >= 0.6 is 22.9 Å². The van der Waals surface area contributed by atoms with E-state index in [0.717, 1.165) is 0 Å². The summed E-state index contributed by atoms with van der Waals surface area (Å²) in [6.07, 6.45) is 0. The lowest BCUT2D eigenvalue weighted by Gasteiger charge is -2.26. The SMILES string of the molecule is Cc1nc(Cl)sc1C(=O)N1CCOCC1. The lowest BCUT2D eigenvalue weighted by atomic mass is 10.3. The van der Waals surface area contributed by atoms with Crippen LogP contribution in [-0.2, 0) is 4.74 Å². The molecule has 0 saturated carbocycles. The van der Waals surface area contributed by atoms with Crippen LogP contribution in [0.3, 0.4) is 0 Å². The molecule has 0 aliphatic carbocycles. The molecule has 6 heteroatoms. The standard InChI is InChI=1S/C9H11ClN2O2S/c1-6-7(15-9(10)11-6)8(13)12-2-4-14-5-3-12/h2-5H2,1H3. The highest BCUT2D eigenvalue weighted by Gasteiger charge is 2.22. The Morgan fingerprint density at radius 2 is 2.20 bits per heavy atom. The summed E-state index contributed by atoms with van der Waals surface area (Å²) in [4.78, 5) is 18.5. The maximum atomic E-state index is 12.0. The van der Waals surface area contributed by atoms with Crippen LogP contribution < -0.4 is 0 Å². The van der Waals surface area contributed by atoms with Crippen LogP contribution in [0, 0.1) is 6.92 Å². The van der Waals surface area contributed by atoms with E-state index in [0.29, 0.717) is 41.3 Å². The summed E-state index contributed by atoms with van der Waals surface area (Å²) in [5.74, 6) is 0.0141. The second-order valence-electron chi connectivity index (χ2n) is 3.29. The van der Waals surface area contributed by atoms with Gasteiger partial charge in [0, 0.05) is 13.1 Å². The highest BCUT2D eigenvalue weighted by molar-refractivity contribution is 7.17.